The van der Waals surface area contributed by atoms with Gasteiger partial charge < -0.3 is 10.5 Å². The van der Waals surface area contributed by atoms with E-state index in [1.165, 1.54) is 0 Å². The number of anilines is 1. The summed E-state index contributed by atoms with van der Waals surface area (Å²) in [4.78, 5) is 50.3. The van der Waals surface area contributed by atoms with Crippen LogP contribution in [0, 0.1) is 0 Å². The first kappa shape index (κ1) is 20.2. The Morgan fingerprint density at radius 1 is 1.19 bits per heavy atom. The van der Waals surface area contributed by atoms with Gasteiger partial charge in [0.2, 0.25) is 5.78 Å². The molecule has 1 heterocycles. The first-order valence-corrected chi connectivity index (χ1v) is 8.69. The van der Waals surface area contributed by atoms with Crippen molar-refractivity contribution in [2.75, 3.05) is 12.3 Å². The molecule has 8 heteroatoms. The Morgan fingerprint density at radius 3 is 2.37 bits per heavy atom. The van der Waals surface area contributed by atoms with E-state index in [0.717, 1.165) is 10.1 Å². The normalized spacial score (nSPS) is 10.8. The van der Waals surface area contributed by atoms with E-state index in [2.05, 4.69) is 4.98 Å². The number of nitrogens with two attached hydrogens (primary N) is 1. The van der Waals surface area contributed by atoms with Gasteiger partial charge in [0.25, 0.3) is 5.56 Å². The van der Waals surface area contributed by atoms with Gasteiger partial charge in [-0.25, -0.2) is 9.59 Å². The van der Waals surface area contributed by atoms with E-state index in [1.807, 2.05) is 32.9 Å². The Labute approximate surface area is 156 Å². The minimum Gasteiger partial charge on any atom is -0.454 e. The van der Waals surface area contributed by atoms with E-state index in [0.29, 0.717) is 17.9 Å². The number of Topliss-reactive ketones (excluding diaryl/α,β-unsaturated/α-hetero) is 1. The maximum absolute atomic E-state index is 12.3. The SMILES string of the molecule is CCCn1c(N)c(C(=O)COC(=O)c2ccc(C(C)C)cc2)c(=O)[nH]c1=O. The van der Waals surface area contributed by atoms with Crippen molar-refractivity contribution in [1.29, 1.82) is 0 Å². The second-order valence-electron chi connectivity index (χ2n) is 6.45. The topological polar surface area (TPSA) is 124 Å². The van der Waals surface area contributed by atoms with E-state index < -0.39 is 29.6 Å². The Balaban J connectivity index is 2.16. The predicted octanol–water partition coefficient (Wildman–Crippen LogP) is 1.69. The summed E-state index contributed by atoms with van der Waals surface area (Å²) in [6, 6.07) is 6.86. The van der Waals surface area contributed by atoms with Gasteiger partial charge in [-0.3, -0.25) is 19.1 Å². The Morgan fingerprint density at radius 2 is 1.81 bits per heavy atom. The van der Waals surface area contributed by atoms with Crippen LogP contribution in [0.2, 0.25) is 0 Å². The van der Waals surface area contributed by atoms with E-state index in [9.17, 15) is 19.2 Å². The summed E-state index contributed by atoms with van der Waals surface area (Å²) in [7, 11) is 0. The van der Waals surface area contributed by atoms with Crippen LogP contribution in [0.3, 0.4) is 0 Å². The molecule has 0 aliphatic heterocycles. The van der Waals surface area contributed by atoms with Gasteiger partial charge in [-0.1, -0.05) is 32.9 Å². The molecule has 0 unspecified atom stereocenters. The lowest BCUT2D eigenvalue weighted by atomic mass is 10.0. The summed E-state index contributed by atoms with van der Waals surface area (Å²) >= 11 is 0. The number of esters is 1. The maximum atomic E-state index is 12.3. The zero-order valence-electron chi connectivity index (χ0n) is 15.6. The summed E-state index contributed by atoms with van der Waals surface area (Å²) in [5.74, 6) is -1.36. The molecule has 0 aliphatic carbocycles. The lowest BCUT2D eigenvalue weighted by Crippen LogP contribution is -2.37. The number of hydrogen-bond donors (Lipinski definition) is 2. The number of nitrogens with zero attached hydrogens (tertiary/aromatic N) is 1. The molecule has 27 heavy (non-hydrogen) atoms. The number of hydrogen-bond acceptors (Lipinski definition) is 6. The second-order valence-corrected chi connectivity index (χ2v) is 6.45. The van der Waals surface area contributed by atoms with Crippen molar-refractivity contribution in [1.82, 2.24) is 9.55 Å². The highest BCUT2D eigenvalue weighted by Gasteiger charge is 2.21. The van der Waals surface area contributed by atoms with Crippen LogP contribution in [-0.4, -0.2) is 27.9 Å². The maximum Gasteiger partial charge on any atom is 0.338 e. The van der Waals surface area contributed by atoms with Crippen LogP contribution >= 0.6 is 0 Å². The third kappa shape index (κ3) is 4.52. The van der Waals surface area contributed by atoms with Crippen molar-refractivity contribution >= 4 is 17.6 Å². The van der Waals surface area contributed by atoms with E-state index in [-0.39, 0.29) is 17.9 Å². The Bertz CT molecular complexity index is 955. The number of carbonyl (C=O) groups excluding carboxylic acids is 2. The lowest BCUT2D eigenvalue weighted by molar-refractivity contribution is 0.0474. The fourth-order valence-corrected chi connectivity index (χ4v) is 2.59. The van der Waals surface area contributed by atoms with Crippen LogP contribution in [0.4, 0.5) is 5.82 Å². The van der Waals surface area contributed by atoms with Gasteiger partial charge in [-0.15, -0.1) is 0 Å². The summed E-state index contributed by atoms with van der Waals surface area (Å²) in [5.41, 5.74) is 5.22. The summed E-state index contributed by atoms with van der Waals surface area (Å²) in [5, 5.41) is 0. The molecule has 144 valence electrons. The van der Waals surface area contributed by atoms with Crippen molar-refractivity contribution in [2.45, 2.75) is 39.7 Å². The minimum atomic E-state index is -0.896. The molecule has 0 bridgehead atoms. The quantitative estimate of drug-likeness (QED) is 0.562. The molecule has 0 saturated carbocycles. The lowest BCUT2D eigenvalue weighted by Gasteiger charge is -2.11. The number of nitrogens with one attached hydrogen (secondary N) is 1. The van der Waals surface area contributed by atoms with Crippen LogP contribution < -0.4 is 17.0 Å². The average Bonchev–Trinajstić information content (AvgIpc) is 2.63. The summed E-state index contributed by atoms with van der Waals surface area (Å²) in [6.45, 7) is 5.49. The molecular formula is C19H23N3O5. The Hall–Kier alpha value is -3.16. The van der Waals surface area contributed by atoms with Gasteiger partial charge >= 0.3 is 11.7 Å². The summed E-state index contributed by atoms with van der Waals surface area (Å²) in [6.07, 6.45) is 0.588. The molecule has 0 atom stereocenters. The number of benzene rings is 1. The first-order chi connectivity index (χ1) is 12.8. The molecule has 0 spiro atoms. The third-order valence-corrected chi connectivity index (χ3v) is 4.11. The molecule has 0 amide bonds. The van der Waals surface area contributed by atoms with Crippen molar-refractivity contribution in [3.8, 4) is 0 Å². The number of carbonyl (C=O) groups is 2. The van der Waals surface area contributed by atoms with Crippen molar-refractivity contribution in [2.24, 2.45) is 0 Å². The van der Waals surface area contributed by atoms with Gasteiger partial charge in [0, 0.05) is 6.54 Å². The van der Waals surface area contributed by atoms with Crippen LogP contribution in [0.25, 0.3) is 0 Å². The van der Waals surface area contributed by atoms with Gasteiger partial charge in [-0.05, 0) is 30.0 Å². The molecular weight excluding hydrogens is 350 g/mol. The molecule has 2 rings (SSSR count). The fraction of sp³-hybridized carbons (Fsp3) is 0.368. The zero-order valence-corrected chi connectivity index (χ0v) is 15.6. The summed E-state index contributed by atoms with van der Waals surface area (Å²) < 4.78 is 6.11. The van der Waals surface area contributed by atoms with Crippen LogP contribution in [-0.2, 0) is 11.3 Å². The van der Waals surface area contributed by atoms with E-state index in [1.54, 1.807) is 12.1 Å². The smallest absolute Gasteiger partial charge is 0.338 e. The van der Waals surface area contributed by atoms with Crippen LogP contribution in [0.1, 0.15) is 59.4 Å². The van der Waals surface area contributed by atoms with Crippen LogP contribution in [0.15, 0.2) is 33.9 Å². The first-order valence-electron chi connectivity index (χ1n) is 8.69. The standard InChI is InChI=1S/C19H23N3O5/c1-4-9-22-16(20)15(17(24)21-19(22)26)14(23)10-27-18(25)13-7-5-12(6-8-13)11(2)3/h5-8,11H,4,9-10,20H2,1-3H3,(H,21,24,26). The second kappa shape index (κ2) is 8.48. The van der Waals surface area contributed by atoms with Gasteiger partial charge in [0.05, 0.1) is 5.56 Å². The number of H-pyrrole nitrogens is 1. The molecule has 8 nitrogen and oxygen atoms in total. The number of nitrogen functional groups attached to an aromatic ring is 1. The number of ketones is 1. The highest BCUT2D eigenvalue weighted by atomic mass is 16.5. The molecule has 1 aromatic carbocycles. The van der Waals surface area contributed by atoms with E-state index in [4.69, 9.17) is 10.5 Å². The number of rotatable bonds is 7. The molecule has 0 saturated heterocycles. The third-order valence-electron chi connectivity index (χ3n) is 4.11. The minimum absolute atomic E-state index is 0.229. The largest absolute Gasteiger partial charge is 0.454 e. The molecule has 0 radical (unpaired) electrons. The van der Waals surface area contributed by atoms with Crippen molar-refractivity contribution < 1.29 is 14.3 Å². The van der Waals surface area contributed by atoms with Crippen molar-refractivity contribution in [3.05, 3.63) is 61.8 Å². The van der Waals surface area contributed by atoms with Gasteiger partial charge in [0.1, 0.15) is 11.4 Å². The monoisotopic (exact) mass is 373 g/mol. The van der Waals surface area contributed by atoms with E-state index >= 15 is 0 Å². The van der Waals surface area contributed by atoms with Crippen LogP contribution in [0.5, 0.6) is 0 Å². The highest BCUT2D eigenvalue weighted by molar-refractivity contribution is 6.02. The zero-order chi connectivity index (χ0) is 20.1. The predicted molar refractivity (Wildman–Crippen MR) is 101 cm³/mol. The van der Waals surface area contributed by atoms with Crippen molar-refractivity contribution in [3.63, 3.8) is 0 Å². The fourth-order valence-electron chi connectivity index (χ4n) is 2.59. The highest BCUT2D eigenvalue weighted by Crippen LogP contribution is 2.15. The average molecular weight is 373 g/mol. The number of ether oxygens (including phenoxy) is 1. The Kier molecular flexibility index (Phi) is 6.33. The number of aromatic amines is 1. The molecule has 3 N–H and O–H groups in total. The molecule has 0 aliphatic rings. The molecule has 1 aromatic heterocycles. The molecule has 2 aromatic rings. The number of aromatic nitrogens is 2. The van der Waals surface area contributed by atoms with Gasteiger partial charge in [-0.2, -0.15) is 0 Å². The van der Waals surface area contributed by atoms with Gasteiger partial charge in [0.15, 0.2) is 6.61 Å². The molecule has 0 fully saturated rings.